The maximum Gasteiger partial charge on any atom is 0.350 e. The number of esters is 1. The van der Waals surface area contributed by atoms with Crippen LogP contribution in [0.2, 0.25) is 0 Å². The van der Waals surface area contributed by atoms with Gasteiger partial charge >= 0.3 is 5.97 Å². The van der Waals surface area contributed by atoms with Crippen LogP contribution in [0, 0.1) is 20.8 Å². The number of thiazole rings is 1. The minimum atomic E-state index is -0.793. The number of carbonyl (C=O) groups is 2. The Bertz CT molecular complexity index is 1670. The van der Waals surface area contributed by atoms with E-state index in [1.165, 1.54) is 11.3 Å². The molecule has 1 atom stereocenters. The third-order valence-corrected chi connectivity index (χ3v) is 8.54. The fourth-order valence-corrected chi connectivity index (χ4v) is 6.06. The highest BCUT2D eigenvalue weighted by Crippen LogP contribution is 2.43. The fourth-order valence-electron chi connectivity index (χ4n) is 5.08. The highest BCUT2D eigenvalue weighted by atomic mass is 32.1. The van der Waals surface area contributed by atoms with Gasteiger partial charge in [-0.15, -0.1) is 0 Å². The molecule has 8 nitrogen and oxygen atoms in total. The first-order chi connectivity index (χ1) is 19.7. The second kappa shape index (κ2) is 11.9. The van der Waals surface area contributed by atoms with Crippen LogP contribution >= 0.6 is 11.3 Å². The first-order valence-corrected chi connectivity index (χ1v) is 14.9. The Morgan fingerprint density at radius 1 is 1.02 bits per heavy atom. The lowest BCUT2D eigenvalue weighted by Crippen LogP contribution is -2.29. The molecule has 4 aromatic rings. The van der Waals surface area contributed by atoms with Crippen LogP contribution in [-0.4, -0.2) is 30.1 Å². The van der Waals surface area contributed by atoms with E-state index in [4.69, 9.17) is 13.9 Å². The number of unbranched alkanes of at least 4 members (excludes halogenated alkanes) is 3. The third kappa shape index (κ3) is 5.38. The summed E-state index contributed by atoms with van der Waals surface area (Å²) in [6.45, 7) is 10.3. The molecular formula is C32H34N2O6S. The van der Waals surface area contributed by atoms with Gasteiger partial charge in [-0.05, 0) is 75.1 Å². The SMILES string of the molecule is CCCCCCOc1ccc(C2c3c(oc4cc(C)c(C)cc4c3=O)C(=O)N2c2nc(C)c(C(=O)OCC)s2)cc1. The number of nitrogens with zero attached hydrogens (tertiary/aromatic N) is 2. The normalized spacial score (nSPS) is 14.5. The predicted octanol–water partition coefficient (Wildman–Crippen LogP) is 7.06. The minimum Gasteiger partial charge on any atom is -0.494 e. The van der Waals surface area contributed by atoms with Gasteiger partial charge in [-0.25, -0.2) is 9.78 Å². The van der Waals surface area contributed by atoms with E-state index in [1.54, 1.807) is 19.9 Å². The van der Waals surface area contributed by atoms with E-state index in [2.05, 4.69) is 11.9 Å². The van der Waals surface area contributed by atoms with Gasteiger partial charge in [0.2, 0.25) is 5.76 Å². The topological polar surface area (TPSA) is 98.9 Å². The molecule has 9 heteroatoms. The Morgan fingerprint density at radius 3 is 2.46 bits per heavy atom. The maximum absolute atomic E-state index is 14.0. The van der Waals surface area contributed by atoms with Gasteiger partial charge in [-0.2, -0.15) is 0 Å². The summed E-state index contributed by atoms with van der Waals surface area (Å²) in [5.74, 6) is -0.284. The summed E-state index contributed by atoms with van der Waals surface area (Å²) in [6.07, 6.45) is 4.44. The van der Waals surface area contributed by atoms with Crippen molar-refractivity contribution in [2.75, 3.05) is 18.1 Å². The summed E-state index contributed by atoms with van der Waals surface area (Å²) < 4.78 is 17.3. The molecule has 5 rings (SSSR count). The molecule has 1 aliphatic heterocycles. The van der Waals surface area contributed by atoms with E-state index in [0.29, 0.717) is 44.6 Å². The first-order valence-electron chi connectivity index (χ1n) is 14.0. The lowest BCUT2D eigenvalue weighted by molar-refractivity contribution is 0.0531. The van der Waals surface area contributed by atoms with Gasteiger partial charge in [0.05, 0.1) is 35.9 Å². The zero-order valence-electron chi connectivity index (χ0n) is 24.0. The number of ether oxygens (including phenoxy) is 2. The van der Waals surface area contributed by atoms with Gasteiger partial charge in [-0.1, -0.05) is 49.7 Å². The number of benzene rings is 2. The van der Waals surface area contributed by atoms with Crippen LogP contribution in [0.3, 0.4) is 0 Å². The number of anilines is 1. The van der Waals surface area contributed by atoms with Crippen molar-refractivity contribution in [2.45, 2.75) is 66.3 Å². The molecule has 0 spiro atoms. The van der Waals surface area contributed by atoms with E-state index >= 15 is 0 Å². The molecule has 0 bridgehead atoms. The Hall–Kier alpha value is -3.98. The fraction of sp³-hybridized carbons (Fsp3) is 0.375. The molecule has 0 aliphatic carbocycles. The molecule has 214 valence electrons. The lowest BCUT2D eigenvalue weighted by atomic mass is 9.97. The molecule has 0 fully saturated rings. The van der Waals surface area contributed by atoms with Crippen LogP contribution in [0.25, 0.3) is 11.0 Å². The quantitative estimate of drug-likeness (QED) is 0.148. The molecule has 3 heterocycles. The smallest absolute Gasteiger partial charge is 0.350 e. The molecule has 1 unspecified atom stereocenters. The molecular weight excluding hydrogens is 540 g/mol. The van der Waals surface area contributed by atoms with Crippen LogP contribution < -0.4 is 15.1 Å². The maximum atomic E-state index is 14.0. The number of hydrogen-bond donors (Lipinski definition) is 0. The van der Waals surface area contributed by atoms with Crippen molar-refractivity contribution in [3.05, 3.63) is 85.2 Å². The Morgan fingerprint density at radius 2 is 1.76 bits per heavy atom. The summed E-state index contributed by atoms with van der Waals surface area (Å²) in [4.78, 5) is 46.9. The summed E-state index contributed by atoms with van der Waals surface area (Å²) in [7, 11) is 0. The number of carbonyl (C=O) groups excluding carboxylic acids is 2. The number of rotatable bonds is 10. The lowest BCUT2D eigenvalue weighted by Gasteiger charge is -2.22. The summed E-state index contributed by atoms with van der Waals surface area (Å²) in [5.41, 5.74) is 3.42. The second-order valence-electron chi connectivity index (χ2n) is 10.3. The molecule has 2 aromatic carbocycles. The van der Waals surface area contributed by atoms with E-state index in [-0.39, 0.29) is 23.4 Å². The Labute approximate surface area is 242 Å². The van der Waals surface area contributed by atoms with Crippen LogP contribution in [0.1, 0.15) is 93.7 Å². The molecule has 1 amide bonds. The van der Waals surface area contributed by atoms with Gasteiger partial charge in [0.1, 0.15) is 16.2 Å². The highest BCUT2D eigenvalue weighted by molar-refractivity contribution is 7.17. The number of hydrogen-bond acceptors (Lipinski definition) is 8. The molecule has 0 N–H and O–H groups in total. The zero-order chi connectivity index (χ0) is 29.3. The summed E-state index contributed by atoms with van der Waals surface area (Å²) in [5, 5.41) is 0.708. The third-order valence-electron chi connectivity index (χ3n) is 7.40. The van der Waals surface area contributed by atoms with Crippen LogP contribution in [0.5, 0.6) is 5.75 Å². The van der Waals surface area contributed by atoms with Gasteiger partial charge in [0.25, 0.3) is 5.91 Å². The minimum absolute atomic E-state index is 0.0162. The molecule has 0 saturated carbocycles. The monoisotopic (exact) mass is 574 g/mol. The van der Waals surface area contributed by atoms with Crippen molar-refractivity contribution in [1.82, 2.24) is 4.98 Å². The zero-order valence-corrected chi connectivity index (χ0v) is 24.9. The second-order valence-corrected chi connectivity index (χ2v) is 11.3. The van der Waals surface area contributed by atoms with E-state index < -0.39 is 17.9 Å². The van der Waals surface area contributed by atoms with Crippen molar-refractivity contribution >= 4 is 39.3 Å². The first kappa shape index (κ1) is 28.5. The van der Waals surface area contributed by atoms with E-state index in [9.17, 15) is 14.4 Å². The van der Waals surface area contributed by atoms with Crippen molar-refractivity contribution in [3.8, 4) is 5.75 Å². The van der Waals surface area contributed by atoms with Gasteiger partial charge in [-0.3, -0.25) is 14.5 Å². The van der Waals surface area contributed by atoms with Crippen molar-refractivity contribution in [3.63, 3.8) is 0 Å². The molecule has 2 aromatic heterocycles. The van der Waals surface area contributed by atoms with E-state index in [1.807, 2.05) is 44.2 Å². The molecule has 0 radical (unpaired) electrons. The van der Waals surface area contributed by atoms with Crippen LogP contribution in [-0.2, 0) is 4.74 Å². The van der Waals surface area contributed by atoms with Gasteiger partial charge in [0, 0.05) is 0 Å². The van der Waals surface area contributed by atoms with Gasteiger partial charge in [0.15, 0.2) is 10.6 Å². The molecule has 1 aliphatic rings. The number of aromatic nitrogens is 1. The van der Waals surface area contributed by atoms with Crippen LogP contribution in [0.4, 0.5) is 5.13 Å². The Balaban J connectivity index is 1.60. The predicted molar refractivity (Wildman–Crippen MR) is 159 cm³/mol. The Kier molecular flexibility index (Phi) is 8.26. The highest BCUT2D eigenvalue weighted by Gasteiger charge is 2.45. The van der Waals surface area contributed by atoms with Crippen molar-refractivity contribution in [2.24, 2.45) is 0 Å². The van der Waals surface area contributed by atoms with Crippen LogP contribution in [0.15, 0.2) is 45.6 Å². The van der Waals surface area contributed by atoms with Gasteiger partial charge < -0.3 is 13.9 Å². The number of aryl methyl sites for hydroxylation is 3. The summed E-state index contributed by atoms with van der Waals surface area (Å²) >= 11 is 1.06. The molecule has 0 saturated heterocycles. The largest absolute Gasteiger partial charge is 0.494 e. The average molecular weight is 575 g/mol. The molecule has 41 heavy (non-hydrogen) atoms. The number of fused-ring (bicyclic) bond motifs is 2. The van der Waals surface area contributed by atoms with Crippen molar-refractivity contribution in [1.29, 1.82) is 0 Å². The standard InChI is InChI=1S/C32H34N2O6S/c1-6-8-9-10-15-39-22-13-11-21(12-14-22)26-25-27(35)23-16-18(3)19(4)17-24(23)40-28(25)30(36)34(26)32-33-20(5)29(41-32)31(37)38-7-2/h11-14,16-17,26H,6-10,15H2,1-5H3. The number of amides is 1. The van der Waals surface area contributed by atoms with Crippen molar-refractivity contribution < 1.29 is 23.5 Å². The average Bonchev–Trinajstić information content (AvgIpc) is 3.47. The summed E-state index contributed by atoms with van der Waals surface area (Å²) in [6, 6.07) is 10.2. The van der Waals surface area contributed by atoms with E-state index in [0.717, 1.165) is 41.7 Å².